The van der Waals surface area contributed by atoms with Gasteiger partial charge in [0, 0.05) is 6.07 Å². The zero-order chi connectivity index (χ0) is 20.4. The molecule has 3 aromatic rings. The van der Waals surface area contributed by atoms with Crippen molar-refractivity contribution in [3.63, 3.8) is 0 Å². The first-order chi connectivity index (χ1) is 13.2. The molecule has 0 saturated heterocycles. The Labute approximate surface area is 152 Å². The van der Waals surface area contributed by atoms with Gasteiger partial charge < -0.3 is 14.4 Å². The predicted molar refractivity (Wildman–Crippen MR) is 81.8 cm³/mol. The largest absolute Gasteiger partial charge is 0.523 e. The maximum Gasteiger partial charge on any atom is 0.318 e. The quantitative estimate of drug-likeness (QED) is 0.329. The van der Waals surface area contributed by atoms with E-state index in [1.165, 1.54) is 0 Å². The minimum atomic E-state index is -1.09. The number of nitro groups is 3. The highest BCUT2D eigenvalue weighted by atomic mass is 16.6. The van der Waals surface area contributed by atoms with Crippen LogP contribution in [0.5, 0.6) is 17.6 Å². The first kappa shape index (κ1) is 18.1. The van der Waals surface area contributed by atoms with Gasteiger partial charge in [-0.2, -0.15) is 0 Å². The van der Waals surface area contributed by atoms with Gasteiger partial charge in [-0.25, -0.2) is 0 Å². The topological polar surface area (TPSA) is 205 Å². The summed E-state index contributed by atoms with van der Waals surface area (Å²) < 4.78 is 9.68. The molecule has 0 radical (unpaired) electrons. The fraction of sp³-hybridized carbons (Fsp3) is 0. The molecule has 0 saturated carbocycles. The molecule has 142 valence electrons. The molecule has 0 unspecified atom stereocenters. The molecule has 0 bridgehead atoms. The third-order valence-corrected chi connectivity index (χ3v) is 3.27. The van der Waals surface area contributed by atoms with Gasteiger partial charge >= 0.3 is 5.69 Å². The molecule has 15 nitrogen and oxygen atoms in total. The van der Waals surface area contributed by atoms with E-state index in [1.807, 2.05) is 0 Å². The van der Waals surface area contributed by atoms with Gasteiger partial charge in [-0.1, -0.05) is 0 Å². The summed E-state index contributed by atoms with van der Waals surface area (Å²) in [5, 5.41) is 50.6. The average molecular weight is 390 g/mol. The van der Waals surface area contributed by atoms with Crippen molar-refractivity contribution in [3.05, 3.63) is 66.7 Å². The minimum Gasteiger partial charge on any atom is -0.523 e. The van der Waals surface area contributed by atoms with Crippen LogP contribution in [0, 0.1) is 30.3 Å². The highest BCUT2D eigenvalue weighted by Gasteiger charge is 2.26. The summed E-state index contributed by atoms with van der Waals surface area (Å²) in [6.45, 7) is 0. The van der Waals surface area contributed by atoms with Gasteiger partial charge in [0.05, 0.1) is 48.9 Å². The number of nitro benzene ring substituents is 3. The third-order valence-electron chi connectivity index (χ3n) is 3.27. The van der Waals surface area contributed by atoms with Crippen LogP contribution >= 0.6 is 0 Å². The summed E-state index contributed by atoms with van der Waals surface area (Å²) in [6, 6.07) is 5.67. The number of nitrogens with zero attached hydrogens (tertiary/aromatic N) is 6. The van der Waals surface area contributed by atoms with E-state index >= 15 is 0 Å². The lowest BCUT2D eigenvalue weighted by molar-refractivity contribution is -0.726. The Balaban J connectivity index is 2.11. The molecule has 3 rings (SSSR count). The second-order valence-corrected chi connectivity index (χ2v) is 5.04. The Morgan fingerprint density at radius 3 is 2.00 bits per heavy atom. The van der Waals surface area contributed by atoms with Crippen molar-refractivity contribution >= 4 is 17.1 Å². The van der Waals surface area contributed by atoms with E-state index in [4.69, 9.17) is 4.74 Å². The minimum absolute atomic E-state index is 0.189. The summed E-state index contributed by atoms with van der Waals surface area (Å²) in [5.41, 5.74) is -1.84. The van der Waals surface area contributed by atoms with Gasteiger partial charge in [-0.15, -0.1) is 0 Å². The van der Waals surface area contributed by atoms with Crippen molar-refractivity contribution in [2.45, 2.75) is 0 Å². The van der Waals surface area contributed by atoms with E-state index in [0.717, 1.165) is 36.4 Å². The molecule has 0 aliphatic carbocycles. The second-order valence-electron chi connectivity index (χ2n) is 5.04. The molecule has 1 heterocycles. The SMILES string of the molecule is O=[N+]([O-])c1cc(Oc2ccc([N+](=O)[O-])cc2-[n+]2noc([O-])n2)cc([N+](=O)[O-])c1. The van der Waals surface area contributed by atoms with Gasteiger partial charge in [0.25, 0.3) is 17.1 Å². The van der Waals surface area contributed by atoms with Gasteiger partial charge in [0.15, 0.2) is 0 Å². The Morgan fingerprint density at radius 2 is 1.50 bits per heavy atom. The standard InChI is InChI=1S/C13H6N6O9/c20-13-14-16(15-28-13)11-6-7(17(21)22)1-2-12(11)27-10-4-8(18(23)24)3-9(5-10)19(25)26/h1-6H. The molecule has 0 aliphatic rings. The number of rotatable bonds is 6. The van der Waals surface area contributed by atoms with Crippen LogP contribution in [0.25, 0.3) is 5.69 Å². The molecule has 0 N–H and O–H groups in total. The number of hydrogen-bond acceptors (Lipinski definition) is 11. The zero-order valence-electron chi connectivity index (χ0n) is 13.3. The van der Waals surface area contributed by atoms with E-state index < -0.39 is 37.9 Å². The molecule has 0 spiro atoms. The van der Waals surface area contributed by atoms with Crippen molar-refractivity contribution in [2.75, 3.05) is 0 Å². The van der Waals surface area contributed by atoms with Crippen LogP contribution in [0.3, 0.4) is 0 Å². The van der Waals surface area contributed by atoms with E-state index in [2.05, 4.69) is 14.9 Å². The number of ether oxygens (including phenoxy) is 1. The molecule has 0 aliphatic heterocycles. The molecule has 1 aromatic heterocycles. The summed E-state index contributed by atoms with van der Waals surface area (Å²) in [4.78, 5) is 31.1. The van der Waals surface area contributed by atoms with Gasteiger partial charge in [0.1, 0.15) is 11.0 Å². The zero-order valence-corrected chi connectivity index (χ0v) is 13.3. The summed E-state index contributed by atoms with van der Waals surface area (Å²) in [5.74, 6) is -0.492. The van der Waals surface area contributed by atoms with E-state index in [1.54, 1.807) is 0 Å². The fourth-order valence-electron chi connectivity index (χ4n) is 2.11. The molecule has 15 heteroatoms. The lowest BCUT2D eigenvalue weighted by atomic mass is 10.2. The van der Waals surface area contributed by atoms with Crippen molar-refractivity contribution < 1.29 is 33.9 Å². The molecule has 0 fully saturated rings. The second kappa shape index (κ2) is 6.90. The lowest BCUT2D eigenvalue weighted by Gasteiger charge is -2.05. The van der Waals surface area contributed by atoms with Crippen LogP contribution in [0.4, 0.5) is 17.1 Å². The fourth-order valence-corrected chi connectivity index (χ4v) is 2.11. The number of benzene rings is 2. The summed E-state index contributed by atoms with van der Waals surface area (Å²) in [7, 11) is 0. The molecular weight excluding hydrogens is 384 g/mol. The highest BCUT2D eigenvalue weighted by molar-refractivity contribution is 5.54. The Kier molecular flexibility index (Phi) is 4.47. The van der Waals surface area contributed by atoms with Crippen molar-refractivity contribution in [2.24, 2.45) is 0 Å². The first-order valence-electron chi connectivity index (χ1n) is 7.08. The molecule has 0 atom stereocenters. The first-order valence-corrected chi connectivity index (χ1v) is 7.08. The molecule has 2 aromatic carbocycles. The number of aromatic nitrogens is 3. The van der Waals surface area contributed by atoms with Crippen LogP contribution in [0.2, 0.25) is 0 Å². The smallest absolute Gasteiger partial charge is 0.318 e. The van der Waals surface area contributed by atoms with Crippen molar-refractivity contribution in [1.29, 1.82) is 0 Å². The van der Waals surface area contributed by atoms with Crippen LogP contribution in [-0.2, 0) is 0 Å². The lowest BCUT2D eigenvalue weighted by Crippen LogP contribution is -2.36. The summed E-state index contributed by atoms with van der Waals surface area (Å²) >= 11 is 0. The van der Waals surface area contributed by atoms with Crippen molar-refractivity contribution in [1.82, 2.24) is 10.4 Å². The number of hydrogen-bond donors (Lipinski definition) is 0. The van der Waals surface area contributed by atoms with Gasteiger partial charge in [-0.3, -0.25) is 30.3 Å². The Morgan fingerprint density at radius 1 is 0.893 bits per heavy atom. The molecule has 28 heavy (non-hydrogen) atoms. The third kappa shape index (κ3) is 3.62. The van der Waals surface area contributed by atoms with E-state index in [0.29, 0.717) is 4.80 Å². The predicted octanol–water partition coefficient (Wildman–Crippen LogP) is 0.937. The Hall–Kier alpha value is -4.69. The number of non-ortho nitro benzene ring substituents is 3. The van der Waals surface area contributed by atoms with Gasteiger partial charge in [-0.05, 0) is 6.07 Å². The van der Waals surface area contributed by atoms with Crippen LogP contribution in [-0.4, -0.2) is 25.1 Å². The monoisotopic (exact) mass is 390 g/mol. The average Bonchev–Trinajstić information content (AvgIpc) is 3.07. The maximum atomic E-state index is 11.1. The van der Waals surface area contributed by atoms with Gasteiger partial charge in [0.2, 0.25) is 11.8 Å². The highest BCUT2D eigenvalue weighted by Crippen LogP contribution is 2.33. The van der Waals surface area contributed by atoms with Crippen LogP contribution in [0.1, 0.15) is 0 Å². The molecule has 0 amide bonds. The normalized spacial score (nSPS) is 10.4. The van der Waals surface area contributed by atoms with Crippen molar-refractivity contribution in [3.8, 4) is 23.3 Å². The maximum absolute atomic E-state index is 11.1. The summed E-state index contributed by atoms with van der Waals surface area (Å²) in [6.07, 6.45) is -1.09. The van der Waals surface area contributed by atoms with Crippen LogP contribution in [0.15, 0.2) is 40.9 Å². The van der Waals surface area contributed by atoms with E-state index in [9.17, 15) is 35.4 Å². The Bertz CT molecular complexity index is 1080. The van der Waals surface area contributed by atoms with E-state index in [-0.39, 0.29) is 17.2 Å². The van der Waals surface area contributed by atoms with Crippen LogP contribution < -0.4 is 14.6 Å². The molecular formula is C13H6N6O9.